The molecule has 0 spiro atoms. The van der Waals surface area contributed by atoms with Gasteiger partial charge in [-0.05, 0) is 48.9 Å². The summed E-state index contributed by atoms with van der Waals surface area (Å²) in [6, 6.07) is 5.85. The molecule has 1 N–H and O–H groups in total. The fourth-order valence-corrected chi connectivity index (χ4v) is 2.12. The van der Waals surface area contributed by atoms with E-state index in [4.69, 9.17) is 4.74 Å². The molecule has 0 saturated heterocycles. The van der Waals surface area contributed by atoms with Gasteiger partial charge in [0.05, 0.1) is 13.2 Å². The summed E-state index contributed by atoms with van der Waals surface area (Å²) in [5, 5.41) is 9.98. The molecule has 0 bridgehead atoms. The van der Waals surface area contributed by atoms with E-state index in [2.05, 4.69) is 29.8 Å². The van der Waals surface area contributed by atoms with E-state index in [9.17, 15) is 5.11 Å². The number of hydrogen-bond donors (Lipinski definition) is 1. The van der Waals surface area contributed by atoms with E-state index < -0.39 is 0 Å². The van der Waals surface area contributed by atoms with Crippen molar-refractivity contribution in [2.75, 3.05) is 7.11 Å². The fourth-order valence-electron chi connectivity index (χ4n) is 1.72. The molecule has 1 aromatic rings. The molecule has 0 aliphatic rings. The largest absolute Gasteiger partial charge is 0.497 e. The summed E-state index contributed by atoms with van der Waals surface area (Å²) in [5.41, 5.74) is 1.10. The van der Waals surface area contributed by atoms with Gasteiger partial charge in [-0.2, -0.15) is 0 Å². The van der Waals surface area contributed by atoms with Gasteiger partial charge in [0.15, 0.2) is 0 Å². The van der Waals surface area contributed by atoms with Crippen LogP contribution < -0.4 is 4.74 Å². The molecule has 3 heteroatoms. The van der Waals surface area contributed by atoms with Crippen LogP contribution >= 0.6 is 15.9 Å². The maximum absolute atomic E-state index is 9.98. The molecule has 1 aromatic carbocycles. The third-order valence-corrected chi connectivity index (χ3v) is 3.56. The lowest BCUT2D eigenvalue weighted by molar-refractivity contribution is 0.156. The van der Waals surface area contributed by atoms with Gasteiger partial charge in [-0.25, -0.2) is 0 Å². The standard InChI is InChI=1S/C14H21BrO2/c1-10(2)4-5-12(16)8-11-9-13(17-3)6-7-14(11)15/h6-7,9-10,12,16H,4-5,8H2,1-3H3. The lowest BCUT2D eigenvalue weighted by Crippen LogP contribution is -2.12. The highest BCUT2D eigenvalue weighted by molar-refractivity contribution is 9.10. The second-order valence-corrected chi connectivity index (χ2v) is 5.64. The third-order valence-electron chi connectivity index (χ3n) is 2.79. The van der Waals surface area contributed by atoms with Gasteiger partial charge in [0.1, 0.15) is 5.75 Å². The van der Waals surface area contributed by atoms with E-state index in [1.807, 2.05) is 18.2 Å². The summed E-state index contributed by atoms with van der Waals surface area (Å²) in [4.78, 5) is 0. The van der Waals surface area contributed by atoms with Crippen LogP contribution in [-0.4, -0.2) is 18.3 Å². The number of aliphatic hydroxyl groups is 1. The van der Waals surface area contributed by atoms with Crippen LogP contribution in [0.4, 0.5) is 0 Å². The fraction of sp³-hybridized carbons (Fsp3) is 0.571. The van der Waals surface area contributed by atoms with Crippen LogP contribution in [0.3, 0.4) is 0 Å². The van der Waals surface area contributed by atoms with E-state index in [0.717, 1.165) is 28.6 Å². The molecule has 0 saturated carbocycles. The number of aliphatic hydroxyl groups excluding tert-OH is 1. The Hall–Kier alpha value is -0.540. The quantitative estimate of drug-likeness (QED) is 0.866. The molecule has 0 amide bonds. The molecule has 0 aliphatic carbocycles. The Labute approximate surface area is 112 Å². The van der Waals surface area contributed by atoms with Crippen molar-refractivity contribution < 1.29 is 9.84 Å². The highest BCUT2D eigenvalue weighted by atomic mass is 79.9. The Morgan fingerprint density at radius 1 is 1.29 bits per heavy atom. The van der Waals surface area contributed by atoms with Gasteiger partial charge in [0.2, 0.25) is 0 Å². The maximum atomic E-state index is 9.98. The van der Waals surface area contributed by atoms with Crippen LogP contribution in [0.1, 0.15) is 32.3 Å². The van der Waals surface area contributed by atoms with Crippen LogP contribution in [0, 0.1) is 5.92 Å². The lowest BCUT2D eigenvalue weighted by Gasteiger charge is -2.14. The van der Waals surface area contributed by atoms with Gasteiger partial charge in [-0.15, -0.1) is 0 Å². The highest BCUT2D eigenvalue weighted by Crippen LogP contribution is 2.24. The molecular formula is C14H21BrO2. The maximum Gasteiger partial charge on any atom is 0.119 e. The van der Waals surface area contributed by atoms with Gasteiger partial charge >= 0.3 is 0 Å². The Balaban J connectivity index is 2.60. The minimum Gasteiger partial charge on any atom is -0.497 e. The Bertz CT molecular complexity index is 350. The summed E-state index contributed by atoms with van der Waals surface area (Å²) >= 11 is 3.50. The summed E-state index contributed by atoms with van der Waals surface area (Å²) in [6.45, 7) is 4.35. The van der Waals surface area contributed by atoms with Gasteiger partial charge in [-0.3, -0.25) is 0 Å². The van der Waals surface area contributed by atoms with E-state index >= 15 is 0 Å². The van der Waals surface area contributed by atoms with Crippen molar-refractivity contribution in [2.24, 2.45) is 5.92 Å². The molecule has 2 nitrogen and oxygen atoms in total. The van der Waals surface area contributed by atoms with E-state index in [1.165, 1.54) is 0 Å². The molecule has 1 atom stereocenters. The number of ether oxygens (including phenoxy) is 1. The normalized spacial score (nSPS) is 12.8. The minimum atomic E-state index is -0.277. The zero-order chi connectivity index (χ0) is 12.8. The molecule has 17 heavy (non-hydrogen) atoms. The van der Waals surface area contributed by atoms with Crippen molar-refractivity contribution in [1.29, 1.82) is 0 Å². The van der Waals surface area contributed by atoms with Crippen LogP contribution in [-0.2, 0) is 6.42 Å². The SMILES string of the molecule is COc1ccc(Br)c(CC(O)CCC(C)C)c1. The predicted molar refractivity (Wildman–Crippen MR) is 74.5 cm³/mol. The number of benzene rings is 1. The molecule has 0 heterocycles. The predicted octanol–water partition coefficient (Wildman–Crippen LogP) is 3.80. The lowest BCUT2D eigenvalue weighted by atomic mass is 10.00. The monoisotopic (exact) mass is 300 g/mol. The topological polar surface area (TPSA) is 29.5 Å². The highest BCUT2D eigenvalue weighted by Gasteiger charge is 2.10. The van der Waals surface area contributed by atoms with Gasteiger partial charge in [-0.1, -0.05) is 29.8 Å². The number of rotatable bonds is 6. The first-order chi connectivity index (χ1) is 8.02. The van der Waals surface area contributed by atoms with E-state index in [0.29, 0.717) is 12.3 Å². The van der Waals surface area contributed by atoms with Crippen LogP contribution in [0.15, 0.2) is 22.7 Å². The molecule has 0 aliphatic heterocycles. The molecular weight excluding hydrogens is 280 g/mol. The summed E-state index contributed by atoms with van der Waals surface area (Å²) in [6.07, 6.45) is 2.30. The Morgan fingerprint density at radius 3 is 2.59 bits per heavy atom. The van der Waals surface area contributed by atoms with Gasteiger partial charge < -0.3 is 9.84 Å². The Kier molecular flexibility index (Phi) is 6.00. The smallest absolute Gasteiger partial charge is 0.119 e. The zero-order valence-electron chi connectivity index (χ0n) is 10.7. The first-order valence-electron chi connectivity index (χ1n) is 6.03. The molecule has 0 aromatic heterocycles. The van der Waals surface area contributed by atoms with Gasteiger partial charge in [0.25, 0.3) is 0 Å². The van der Waals surface area contributed by atoms with E-state index in [-0.39, 0.29) is 6.10 Å². The zero-order valence-corrected chi connectivity index (χ0v) is 12.3. The van der Waals surface area contributed by atoms with Crippen molar-refractivity contribution in [1.82, 2.24) is 0 Å². The number of halogens is 1. The Morgan fingerprint density at radius 2 is 2.00 bits per heavy atom. The first kappa shape index (κ1) is 14.5. The van der Waals surface area contributed by atoms with Crippen molar-refractivity contribution in [3.05, 3.63) is 28.2 Å². The minimum absolute atomic E-state index is 0.277. The second kappa shape index (κ2) is 7.02. The first-order valence-corrected chi connectivity index (χ1v) is 6.82. The third kappa shape index (κ3) is 5.09. The van der Waals surface area contributed by atoms with Crippen LogP contribution in [0.5, 0.6) is 5.75 Å². The van der Waals surface area contributed by atoms with Crippen molar-refractivity contribution >= 4 is 15.9 Å². The van der Waals surface area contributed by atoms with Crippen LogP contribution in [0.2, 0.25) is 0 Å². The average molecular weight is 301 g/mol. The molecule has 96 valence electrons. The number of methoxy groups -OCH3 is 1. The van der Waals surface area contributed by atoms with Crippen molar-refractivity contribution in [2.45, 2.75) is 39.2 Å². The summed E-state index contributed by atoms with van der Waals surface area (Å²) in [7, 11) is 1.65. The summed E-state index contributed by atoms with van der Waals surface area (Å²) < 4.78 is 6.22. The van der Waals surface area contributed by atoms with Gasteiger partial charge in [0, 0.05) is 4.47 Å². The van der Waals surface area contributed by atoms with Crippen molar-refractivity contribution in [3.8, 4) is 5.75 Å². The van der Waals surface area contributed by atoms with E-state index in [1.54, 1.807) is 7.11 Å². The average Bonchev–Trinajstić information content (AvgIpc) is 2.29. The van der Waals surface area contributed by atoms with Crippen LogP contribution in [0.25, 0.3) is 0 Å². The number of hydrogen-bond acceptors (Lipinski definition) is 2. The molecule has 0 radical (unpaired) electrons. The summed E-state index contributed by atoms with van der Waals surface area (Å²) in [5.74, 6) is 1.47. The molecule has 0 fully saturated rings. The molecule has 1 rings (SSSR count). The molecule has 1 unspecified atom stereocenters. The van der Waals surface area contributed by atoms with Crippen molar-refractivity contribution in [3.63, 3.8) is 0 Å². The second-order valence-electron chi connectivity index (χ2n) is 4.79.